The van der Waals surface area contributed by atoms with Gasteiger partial charge in [0.1, 0.15) is 5.82 Å². The zero-order chi connectivity index (χ0) is 17.7. The summed E-state index contributed by atoms with van der Waals surface area (Å²) in [5, 5.41) is 11.9. The van der Waals surface area contributed by atoms with E-state index in [-0.39, 0.29) is 30.5 Å². The number of methoxy groups -OCH3 is 1. The molecule has 8 heteroatoms. The van der Waals surface area contributed by atoms with Gasteiger partial charge in [0.05, 0.1) is 18.1 Å². The fourth-order valence-corrected chi connectivity index (χ4v) is 2.54. The van der Waals surface area contributed by atoms with Crippen LogP contribution in [0.4, 0.5) is 4.39 Å². The van der Waals surface area contributed by atoms with Gasteiger partial charge in [-0.15, -0.1) is 0 Å². The van der Waals surface area contributed by atoms with Crippen LogP contribution in [0.2, 0.25) is 0 Å². The van der Waals surface area contributed by atoms with Crippen LogP contribution in [0.25, 0.3) is 0 Å². The molecule has 1 amide bonds. The van der Waals surface area contributed by atoms with Crippen molar-refractivity contribution < 1.29 is 33.4 Å². The van der Waals surface area contributed by atoms with Crippen molar-refractivity contribution in [1.82, 2.24) is 5.32 Å². The number of nitrogens with one attached hydrogen (secondary N) is 1. The van der Waals surface area contributed by atoms with E-state index in [9.17, 15) is 23.9 Å². The maximum absolute atomic E-state index is 13.6. The van der Waals surface area contributed by atoms with Gasteiger partial charge in [0.2, 0.25) is 0 Å². The summed E-state index contributed by atoms with van der Waals surface area (Å²) < 4.78 is 23.2. The molecule has 2 rings (SSSR count). The van der Waals surface area contributed by atoms with Crippen LogP contribution in [0.3, 0.4) is 0 Å². The Labute approximate surface area is 137 Å². The summed E-state index contributed by atoms with van der Waals surface area (Å²) in [6.07, 6.45) is 0.554. The van der Waals surface area contributed by atoms with Crippen LogP contribution < -0.4 is 5.32 Å². The molecule has 0 saturated carbocycles. The molecule has 130 valence electrons. The van der Waals surface area contributed by atoms with Gasteiger partial charge in [-0.2, -0.15) is 0 Å². The van der Waals surface area contributed by atoms with E-state index in [1.807, 2.05) is 0 Å². The SMILES string of the molecule is COC(=O)c1cc(F)cc(C(=O)NCC2(C(=O)O)CCOCC2)c1. The van der Waals surface area contributed by atoms with Crippen LogP contribution in [-0.4, -0.2) is 49.8 Å². The molecule has 1 aliphatic rings. The number of aliphatic carboxylic acids is 1. The molecular formula is C16H18FNO6. The van der Waals surface area contributed by atoms with Crippen LogP contribution in [-0.2, 0) is 14.3 Å². The molecule has 0 aromatic heterocycles. The predicted octanol–water partition coefficient (Wildman–Crippen LogP) is 1.22. The average Bonchev–Trinajstić information content (AvgIpc) is 2.59. The van der Waals surface area contributed by atoms with Gasteiger partial charge in [0.15, 0.2) is 0 Å². The molecule has 1 aromatic carbocycles. The molecule has 1 aromatic rings. The Hall–Kier alpha value is -2.48. The zero-order valence-corrected chi connectivity index (χ0v) is 13.1. The van der Waals surface area contributed by atoms with Gasteiger partial charge >= 0.3 is 11.9 Å². The number of amides is 1. The highest BCUT2D eigenvalue weighted by Crippen LogP contribution is 2.30. The quantitative estimate of drug-likeness (QED) is 0.782. The maximum atomic E-state index is 13.6. The highest BCUT2D eigenvalue weighted by atomic mass is 19.1. The number of hydrogen-bond acceptors (Lipinski definition) is 5. The monoisotopic (exact) mass is 339 g/mol. The third-order valence-electron chi connectivity index (χ3n) is 4.07. The van der Waals surface area contributed by atoms with Crippen molar-refractivity contribution in [2.45, 2.75) is 12.8 Å². The standard InChI is InChI=1S/C16H18FNO6/c1-23-14(20)11-6-10(7-12(17)8-11)13(19)18-9-16(15(21)22)2-4-24-5-3-16/h6-8H,2-5,9H2,1H3,(H,18,19)(H,21,22). The lowest BCUT2D eigenvalue weighted by Crippen LogP contribution is -2.46. The van der Waals surface area contributed by atoms with Gasteiger partial charge < -0.3 is 19.9 Å². The largest absolute Gasteiger partial charge is 0.481 e. The first-order chi connectivity index (χ1) is 11.4. The summed E-state index contributed by atoms with van der Waals surface area (Å²) in [4.78, 5) is 35.2. The first kappa shape index (κ1) is 17.9. The Morgan fingerprint density at radius 2 is 1.88 bits per heavy atom. The number of hydrogen-bond donors (Lipinski definition) is 2. The van der Waals surface area contributed by atoms with Gasteiger partial charge in [-0.05, 0) is 31.0 Å². The molecule has 0 aliphatic carbocycles. The number of benzene rings is 1. The molecule has 0 unspecified atom stereocenters. The van der Waals surface area contributed by atoms with Gasteiger partial charge in [-0.1, -0.05) is 0 Å². The molecule has 1 heterocycles. The van der Waals surface area contributed by atoms with Crippen molar-refractivity contribution in [3.05, 3.63) is 35.1 Å². The summed E-state index contributed by atoms with van der Waals surface area (Å²) in [5.74, 6) is -3.20. The predicted molar refractivity (Wildman–Crippen MR) is 80.2 cm³/mol. The summed E-state index contributed by atoms with van der Waals surface area (Å²) in [5.41, 5.74) is -1.28. The highest BCUT2D eigenvalue weighted by Gasteiger charge is 2.40. The Morgan fingerprint density at radius 1 is 1.25 bits per heavy atom. The molecule has 0 bridgehead atoms. The minimum absolute atomic E-state index is 0.0806. The molecule has 0 spiro atoms. The van der Waals surface area contributed by atoms with Crippen LogP contribution in [0.15, 0.2) is 18.2 Å². The number of rotatable bonds is 5. The minimum Gasteiger partial charge on any atom is -0.481 e. The normalized spacial score (nSPS) is 16.2. The van der Waals surface area contributed by atoms with E-state index < -0.39 is 29.1 Å². The van der Waals surface area contributed by atoms with Crippen LogP contribution >= 0.6 is 0 Å². The number of carbonyl (C=O) groups excluding carboxylic acids is 2. The Morgan fingerprint density at radius 3 is 2.46 bits per heavy atom. The molecule has 1 fully saturated rings. The fourth-order valence-electron chi connectivity index (χ4n) is 2.54. The van der Waals surface area contributed by atoms with E-state index in [0.717, 1.165) is 19.2 Å². The molecule has 2 N–H and O–H groups in total. The third-order valence-corrected chi connectivity index (χ3v) is 4.07. The average molecular weight is 339 g/mol. The molecule has 1 saturated heterocycles. The van der Waals surface area contributed by atoms with E-state index in [0.29, 0.717) is 13.2 Å². The summed E-state index contributed by atoms with van der Waals surface area (Å²) in [7, 11) is 1.15. The number of ether oxygens (including phenoxy) is 2. The van der Waals surface area contributed by atoms with Crippen LogP contribution in [0.1, 0.15) is 33.6 Å². The zero-order valence-electron chi connectivity index (χ0n) is 13.1. The summed E-state index contributed by atoms with van der Waals surface area (Å²) in [6.45, 7) is 0.498. The molecule has 0 atom stereocenters. The van der Waals surface area contributed by atoms with Crippen molar-refractivity contribution in [1.29, 1.82) is 0 Å². The topological polar surface area (TPSA) is 102 Å². The third kappa shape index (κ3) is 3.88. The van der Waals surface area contributed by atoms with E-state index in [4.69, 9.17) is 4.74 Å². The number of esters is 1. The smallest absolute Gasteiger partial charge is 0.337 e. The number of carboxylic acid groups (broad SMARTS) is 1. The molecule has 7 nitrogen and oxygen atoms in total. The first-order valence-electron chi connectivity index (χ1n) is 7.36. The summed E-state index contributed by atoms with van der Waals surface area (Å²) >= 11 is 0. The lowest BCUT2D eigenvalue weighted by molar-refractivity contribution is -0.154. The van der Waals surface area contributed by atoms with Crippen molar-refractivity contribution in [3.63, 3.8) is 0 Å². The van der Waals surface area contributed by atoms with E-state index in [1.165, 1.54) is 6.07 Å². The second-order valence-electron chi connectivity index (χ2n) is 5.60. The first-order valence-corrected chi connectivity index (χ1v) is 7.36. The van der Waals surface area contributed by atoms with Crippen molar-refractivity contribution in [2.24, 2.45) is 5.41 Å². The second kappa shape index (κ2) is 7.39. The van der Waals surface area contributed by atoms with Gasteiger partial charge in [-0.25, -0.2) is 9.18 Å². The van der Waals surface area contributed by atoms with Crippen molar-refractivity contribution in [2.75, 3.05) is 26.9 Å². The Balaban J connectivity index is 2.13. The van der Waals surface area contributed by atoms with E-state index in [2.05, 4.69) is 10.1 Å². The summed E-state index contributed by atoms with van der Waals surface area (Å²) in [6, 6.07) is 3.13. The van der Waals surface area contributed by atoms with Crippen LogP contribution in [0.5, 0.6) is 0 Å². The fraction of sp³-hybridized carbons (Fsp3) is 0.438. The molecule has 24 heavy (non-hydrogen) atoms. The number of halogens is 1. The maximum Gasteiger partial charge on any atom is 0.337 e. The highest BCUT2D eigenvalue weighted by molar-refractivity contribution is 5.98. The molecule has 1 aliphatic heterocycles. The van der Waals surface area contributed by atoms with E-state index in [1.54, 1.807) is 0 Å². The molecular weight excluding hydrogens is 321 g/mol. The number of carboxylic acids is 1. The van der Waals surface area contributed by atoms with Crippen molar-refractivity contribution >= 4 is 17.8 Å². The van der Waals surface area contributed by atoms with Gasteiger partial charge in [0.25, 0.3) is 5.91 Å². The second-order valence-corrected chi connectivity index (χ2v) is 5.60. The van der Waals surface area contributed by atoms with Gasteiger partial charge in [-0.3, -0.25) is 9.59 Å². The minimum atomic E-state index is -1.10. The lowest BCUT2D eigenvalue weighted by atomic mass is 9.80. The van der Waals surface area contributed by atoms with Gasteiger partial charge in [0, 0.05) is 25.3 Å². The Bertz CT molecular complexity index is 654. The lowest BCUT2D eigenvalue weighted by Gasteiger charge is -2.33. The number of carbonyl (C=O) groups is 3. The Kier molecular flexibility index (Phi) is 5.50. The molecule has 0 radical (unpaired) electrons. The van der Waals surface area contributed by atoms with E-state index >= 15 is 0 Å². The van der Waals surface area contributed by atoms with Crippen LogP contribution in [0, 0.1) is 11.2 Å². The van der Waals surface area contributed by atoms with Crippen molar-refractivity contribution in [3.8, 4) is 0 Å².